The quantitative estimate of drug-likeness (QED) is 0.359. The Morgan fingerprint density at radius 2 is 1.91 bits per heavy atom. The Kier molecular flexibility index (Phi) is 5.76. The number of aromatic nitrogens is 3. The molecule has 0 radical (unpaired) electrons. The number of hydrogen-bond donors (Lipinski definition) is 1. The zero-order valence-corrected chi connectivity index (χ0v) is 17.7. The Labute approximate surface area is 183 Å². The molecule has 0 bridgehead atoms. The lowest BCUT2D eigenvalue weighted by molar-refractivity contribution is -0.137. The largest absolute Gasteiger partial charge is 0.496 e. The Bertz CT molecular complexity index is 1280. The molecule has 0 amide bonds. The highest BCUT2D eigenvalue weighted by molar-refractivity contribution is 7.13. The topological polar surface area (TPSA) is 52.0 Å². The average Bonchev–Trinajstić information content (AvgIpc) is 3.37. The molecule has 0 spiro atoms. The number of methoxy groups -OCH3 is 1. The molecule has 4 aromatic rings. The van der Waals surface area contributed by atoms with E-state index < -0.39 is 23.4 Å². The van der Waals surface area contributed by atoms with E-state index in [9.17, 15) is 22.0 Å². The summed E-state index contributed by atoms with van der Waals surface area (Å²) in [7, 11) is 1.39. The van der Waals surface area contributed by atoms with E-state index in [0.717, 1.165) is 28.8 Å². The number of aryl methyl sites for hydroxylation is 1. The van der Waals surface area contributed by atoms with E-state index in [0.29, 0.717) is 34.0 Å². The molecule has 4 rings (SSSR count). The molecular weight excluding hydrogens is 451 g/mol. The van der Waals surface area contributed by atoms with Gasteiger partial charge in [0.15, 0.2) is 11.6 Å². The van der Waals surface area contributed by atoms with Crippen LogP contribution < -0.4 is 10.1 Å². The van der Waals surface area contributed by atoms with Gasteiger partial charge in [-0.25, -0.2) is 18.7 Å². The van der Waals surface area contributed by atoms with Crippen molar-refractivity contribution in [3.8, 4) is 16.3 Å². The Morgan fingerprint density at radius 3 is 2.59 bits per heavy atom. The van der Waals surface area contributed by atoms with Gasteiger partial charge in [-0.15, -0.1) is 11.3 Å². The third kappa shape index (κ3) is 4.12. The van der Waals surface area contributed by atoms with E-state index in [-0.39, 0.29) is 17.8 Å². The van der Waals surface area contributed by atoms with Crippen LogP contribution in [-0.2, 0) is 12.7 Å². The van der Waals surface area contributed by atoms with Crippen LogP contribution in [0.2, 0.25) is 0 Å². The summed E-state index contributed by atoms with van der Waals surface area (Å²) in [5.74, 6) is -1.33. The summed E-state index contributed by atoms with van der Waals surface area (Å²) in [5.41, 5.74) is 0.433. The standard InChI is InChI=1S/C21H17F5N4OS/c1-11-5-13-16(31-2)7-14(22)19(23)20(13)30(11)4-3-27-18-8-15(28-10-29-18)17-6-12(9-32-17)21(24,25)26/h5-10H,3-4H2,1-2H3,(H,27,28,29). The number of ether oxygens (including phenoxy) is 1. The lowest BCUT2D eigenvalue weighted by Gasteiger charge is -2.12. The van der Waals surface area contributed by atoms with Crippen molar-refractivity contribution in [2.24, 2.45) is 0 Å². The number of alkyl halides is 3. The molecule has 0 saturated heterocycles. The fourth-order valence-electron chi connectivity index (χ4n) is 3.43. The molecule has 11 heteroatoms. The van der Waals surface area contributed by atoms with Crippen LogP contribution in [0, 0.1) is 18.6 Å². The van der Waals surface area contributed by atoms with Gasteiger partial charge in [0.25, 0.3) is 0 Å². The van der Waals surface area contributed by atoms with Crippen molar-refractivity contribution in [3.05, 3.63) is 58.9 Å². The maximum Gasteiger partial charge on any atom is 0.417 e. The molecule has 0 aliphatic heterocycles. The first-order chi connectivity index (χ1) is 15.2. The Balaban J connectivity index is 1.53. The summed E-state index contributed by atoms with van der Waals surface area (Å²) < 4.78 is 73.8. The van der Waals surface area contributed by atoms with Gasteiger partial charge in [-0.2, -0.15) is 13.2 Å². The predicted octanol–water partition coefficient (Wildman–Crippen LogP) is 5.89. The molecule has 0 fully saturated rings. The van der Waals surface area contributed by atoms with Gasteiger partial charge in [-0.05, 0) is 19.1 Å². The van der Waals surface area contributed by atoms with E-state index in [1.807, 2.05) is 0 Å². The number of nitrogens with one attached hydrogen (secondary N) is 1. The summed E-state index contributed by atoms with van der Waals surface area (Å²) >= 11 is 0.939. The lowest BCUT2D eigenvalue weighted by Crippen LogP contribution is -2.13. The SMILES string of the molecule is COc1cc(F)c(F)c2c1cc(C)n2CCNc1cc(-c2cc(C(F)(F)F)cs2)ncn1. The number of nitrogens with zero attached hydrogens (tertiary/aromatic N) is 3. The van der Waals surface area contributed by atoms with E-state index in [2.05, 4.69) is 15.3 Å². The number of rotatable bonds is 6. The van der Waals surface area contributed by atoms with Gasteiger partial charge in [0.2, 0.25) is 0 Å². The molecule has 0 aliphatic rings. The van der Waals surface area contributed by atoms with Gasteiger partial charge in [0.1, 0.15) is 17.9 Å². The van der Waals surface area contributed by atoms with Crippen LogP contribution >= 0.6 is 11.3 Å². The third-order valence-corrected chi connectivity index (χ3v) is 5.91. The van der Waals surface area contributed by atoms with E-state index in [1.54, 1.807) is 17.6 Å². The van der Waals surface area contributed by atoms with E-state index in [4.69, 9.17) is 4.74 Å². The fourth-order valence-corrected chi connectivity index (χ4v) is 4.31. The van der Waals surface area contributed by atoms with Gasteiger partial charge in [-0.3, -0.25) is 0 Å². The van der Waals surface area contributed by atoms with Crippen molar-refractivity contribution >= 4 is 28.1 Å². The number of halogens is 5. The molecule has 32 heavy (non-hydrogen) atoms. The molecular formula is C21H17F5N4OS. The number of fused-ring (bicyclic) bond motifs is 1. The summed E-state index contributed by atoms with van der Waals surface area (Å²) in [4.78, 5) is 8.48. The van der Waals surface area contributed by atoms with Crippen LogP contribution in [0.3, 0.4) is 0 Å². The second-order valence-corrected chi connectivity index (χ2v) is 7.90. The first-order valence-corrected chi connectivity index (χ1v) is 10.3. The smallest absolute Gasteiger partial charge is 0.417 e. The summed E-state index contributed by atoms with van der Waals surface area (Å²) in [5, 5.41) is 4.55. The minimum atomic E-state index is -4.42. The number of thiophene rings is 1. The predicted molar refractivity (Wildman–Crippen MR) is 112 cm³/mol. The van der Waals surface area contributed by atoms with Crippen LogP contribution in [0.4, 0.5) is 27.8 Å². The first-order valence-electron chi connectivity index (χ1n) is 9.43. The van der Waals surface area contributed by atoms with Gasteiger partial charge in [0, 0.05) is 41.7 Å². The number of hydrogen-bond acceptors (Lipinski definition) is 5. The first kappa shape index (κ1) is 22.0. The Morgan fingerprint density at radius 1 is 1.12 bits per heavy atom. The zero-order chi connectivity index (χ0) is 23.0. The fraction of sp³-hybridized carbons (Fsp3) is 0.238. The van der Waals surface area contributed by atoms with Gasteiger partial charge >= 0.3 is 6.18 Å². The van der Waals surface area contributed by atoms with Crippen molar-refractivity contribution in [1.29, 1.82) is 0 Å². The minimum Gasteiger partial charge on any atom is -0.496 e. The van der Waals surface area contributed by atoms with Crippen LogP contribution in [-0.4, -0.2) is 28.2 Å². The minimum absolute atomic E-state index is 0.0998. The van der Waals surface area contributed by atoms with Gasteiger partial charge in [-0.1, -0.05) is 0 Å². The second kappa shape index (κ2) is 8.38. The van der Waals surface area contributed by atoms with Crippen molar-refractivity contribution < 1.29 is 26.7 Å². The van der Waals surface area contributed by atoms with Crippen molar-refractivity contribution in [3.63, 3.8) is 0 Å². The average molecular weight is 468 g/mol. The molecule has 0 atom stereocenters. The Hall–Kier alpha value is -3.21. The van der Waals surface area contributed by atoms with Gasteiger partial charge < -0.3 is 14.6 Å². The normalized spacial score (nSPS) is 11.8. The molecule has 0 aliphatic carbocycles. The summed E-state index contributed by atoms with van der Waals surface area (Å²) in [6.07, 6.45) is -3.17. The highest BCUT2D eigenvalue weighted by Gasteiger charge is 2.31. The van der Waals surface area contributed by atoms with Crippen LogP contribution in [0.1, 0.15) is 11.3 Å². The highest BCUT2D eigenvalue weighted by Crippen LogP contribution is 2.36. The molecule has 1 aromatic carbocycles. The van der Waals surface area contributed by atoms with Crippen molar-refractivity contribution in [2.75, 3.05) is 19.0 Å². The molecule has 3 aromatic heterocycles. The zero-order valence-electron chi connectivity index (χ0n) is 16.9. The number of benzene rings is 1. The van der Waals surface area contributed by atoms with Crippen molar-refractivity contribution in [2.45, 2.75) is 19.6 Å². The van der Waals surface area contributed by atoms with Crippen LogP contribution in [0.5, 0.6) is 5.75 Å². The van der Waals surface area contributed by atoms with E-state index in [1.165, 1.54) is 19.5 Å². The van der Waals surface area contributed by atoms with Gasteiger partial charge in [0.05, 0.1) is 28.8 Å². The molecule has 0 saturated carbocycles. The lowest BCUT2D eigenvalue weighted by atomic mass is 10.2. The second-order valence-electron chi connectivity index (χ2n) is 6.99. The molecule has 0 unspecified atom stereocenters. The van der Waals surface area contributed by atoms with Crippen LogP contribution in [0.15, 0.2) is 36.0 Å². The molecule has 1 N–H and O–H groups in total. The molecule has 5 nitrogen and oxygen atoms in total. The maximum atomic E-state index is 14.5. The monoisotopic (exact) mass is 468 g/mol. The number of anilines is 1. The maximum absolute atomic E-state index is 14.5. The van der Waals surface area contributed by atoms with Crippen LogP contribution in [0.25, 0.3) is 21.5 Å². The van der Waals surface area contributed by atoms with E-state index >= 15 is 0 Å². The molecule has 168 valence electrons. The summed E-state index contributed by atoms with van der Waals surface area (Å²) in [6.45, 7) is 2.36. The third-order valence-electron chi connectivity index (χ3n) is 4.95. The molecule has 3 heterocycles. The summed E-state index contributed by atoms with van der Waals surface area (Å²) in [6, 6.07) is 5.30. The highest BCUT2D eigenvalue weighted by atomic mass is 32.1. The van der Waals surface area contributed by atoms with Crippen molar-refractivity contribution in [1.82, 2.24) is 14.5 Å².